The van der Waals surface area contributed by atoms with Gasteiger partial charge in [-0.25, -0.2) is 0 Å². The molecule has 0 spiro atoms. The van der Waals surface area contributed by atoms with Crippen LogP contribution in [-0.4, -0.2) is 24.1 Å². The molecule has 0 heterocycles. The first-order valence-electron chi connectivity index (χ1n) is 5.42. The minimum Gasteiger partial charge on any atom is -0.378 e. The highest BCUT2D eigenvalue weighted by Gasteiger charge is 2.18. The van der Waals surface area contributed by atoms with Crippen molar-refractivity contribution >= 4 is 11.4 Å². The number of nitrogens with one attached hydrogen (secondary N) is 2. The van der Waals surface area contributed by atoms with Crippen LogP contribution in [0.2, 0.25) is 0 Å². The number of benzene rings is 1. The summed E-state index contributed by atoms with van der Waals surface area (Å²) in [7, 11) is 0. The van der Waals surface area contributed by atoms with Gasteiger partial charge < -0.3 is 10.6 Å². The van der Waals surface area contributed by atoms with Crippen LogP contribution in [0, 0.1) is 15.9 Å². The maximum absolute atomic E-state index is 13.2. The quantitative estimate of drug-likeness (QED) is 0.455. The lowest BCUT2D eigenvalue weighted by atomic mass is 10.2. The predicted octanol–water partition coefficient (Wildman–Crippen LogP) is 2.14. The molecule has 17 heavy (non-hydrogen) atoms. The van der Waals surface area contributed by atoms with Crippen LogP contribution in [0.1, 0.15) is 13.8 Å². The Morgan fingerprint density at radius 3 is 2.71 bits per heavy atom. The van der Waals surface area contributed by atoms with E-state index < -0.39 is 16.4 Å². The molecule has 0 aliphatic carbocycles. The third kappa shape index (κ3) is 3.99. The fourth-order valence-electron chi connectivity index (χ4n) is 1.40. The van der Waals surface area contributed by atoms with E-state index in [1.807, 2.05) is 13.8 Å². The highest BCUT2D eigenvalue weighted by atomic mass is 19.1. The van der Waals surface area contributed by atoms with Crippen LogP contribution in [0.25, 0.3) is 0 Å². The maximum Gasteiger partial charge on any atom is 0.327 e. The number of para-hydroxylation sites is 1. The zero-order chi connectivity index (χ0) is 12.8. The van der Waals surface area contributed by atoms with Crippen LogP contribution < -0.4 is 10.6 Å². The van der Waals surface area contributed by atoms with Gasteiger partial charge in [-0.05, 0) is 12.1 Å². The molecule has 0 saturated carbocycles. The van der Waals surface area contributed by atoms with Gasteiger partial charge in [-0.15, -0.1) is 0 Å². The Morgan fingerprint density at radius 1 is 1.41 bits per heavy atom. The monoisotopic (exact) mass is 241 g/mol. The Morgan fingerprint density at radius 2 is 2.12 bits per heavy atom. The molecule has 0 amide bonds. The summed E-state index contributed by atoms with van der Waals surface area (Å²) in [6.07, 6.45) is 0. The van der Waals surface area contributed by atoms with Gasteiger partial charge in [0, 0.05) is 19.1 Å². The van der Waals surface area contributed by atoms with E-state index in [-0.39, 0.29) is 5.69 Å². The Bertz CT molecular complexity index is 396. The first kappa shape index (κ1) is 13.4. The molecule has 0 bridgehead atoms. The summed E-state index contributed by atoms with van der Waals surface area (Å²) in [4.78, 5) is 9.98. The number of halogens is 1. The second kappa shape index (κ2) is 6.15. The van der Waals surface area contributed by atoms with Crippen molar-refractivity contribution in [3.63, 3.8) is 0 Å². The van der Waals surface area contributed by atoms with Gasteiger partial charge in [-0.1, -0.05) is 19.9 Å². The van der Waals surface area contributed by atoms with Gasteiger partial charge in [0.2, 0.25) is 5.82 Å². The summed E-state index contributed by atoms with van der Waals surface area (Å²) in [6, 6.07) is 4.37. The number of anilines is 1. The molecular weight excluding hydrogens is 225 g/mol. The third-order valence-electron chi connectivity index (χ3n) is 2.16. The van der Waals surface area contributed by atoms with Crippen LogP contribution in [-0.2, 0) is 0 Å². The average Bonchev–Trinajstić information content (AvgIpc) is 2.23. The summed E-state index contributed by atoms with van der Waals surface area (Å²) in [5.74, 6) is -0.822. The molecule has 0 aromatic heterocycles. The molecule has 1 aromatic carbocycles. The number of hydrogen-bond donors (Lipinski definition) is 2. The van der Waals surface area contributed by atoms with Crippen molar-refractivity contribution in [1.82, 2.24) is 5.32 Å². The maximum atomic E-state index is 13.2. The first-order chi connectivity index (χ1) is 8.02. The van der Waals surface area contributed by atoms with Crippen molar-refractivity contribution in [1.29, 1.82) is 0 Å². The first-order valence-corrected chi connectivity index (χ1v) is 5.42. The van der Waals surface area contributed by atoms with E-state index in [1.165, 1.54) is 12.1 Å². The lowest BCUT2D eigenvalue weighted by Crippen LogP contribution is -2.28. The normalized spacial score (nSPS) is 10.6. The molecule has 1 rings (SSSR count). The van der Waals surface area contributed by atoms with Gasteiger partial charge in [-0.2, -0.15) is 4.39 Å². The van der Waals surface area contributed by atoms with Crippen molar-refractivity contribution in [2.24, 2.45) is 0 Å². The fourth-order valence-corrected chi connectivity index (χ4v) is 1.40. The van der Waals surface area contributed by atoms with E-state index in [2.05, 4.69) is 10.6 Å². The van der Waals surface area contributed by atoms with Gasteiger partial charge in [0.15, 0.2) is 0 Å². The molecule has 0 radical (unpaired) electrons. The summed E-state index contributed by atoms with van der Waals surface area (Å²) in [5, 5.41) is 16.7. The number of nitro groups is 1. The largest absolute Gasteiger partial charge is 0.378 e. The van der Waals surface area contributed by atoms with E-state index in [0.717, 1.165) is 6.07 Å². The molecule has 1 aromatic rings. The van der Waals surface area contributed by atoms with Gasteiger partial charge in [0.05, 0.1) is 4.92 Å². The molecule has 5 nitrogen and oxygen atoms in total. The molecule has 0 aliphatic rings. The SMILES string of the molecule is CC(C)NCCNc1cccc(F)c1[N+](=O)[O-]. The Labute approximate surface area is 99.2 Å². The van der Waals surface area contributed by atoms with Crippen LogP contribution in [0.15, 0.2) is 18.2 Å². The minimum atomic E-state index is -0.822. The molecule has 0 saturated heterocycles. The van der Waals surface area contributed by atoms with E-state index in [0.29, 0.717) is 19.1 Å². The molecule has 0 fully saturated rings. The van der Waals surface area contributed by atoms with E-state index >= 15 is 0 Å². The average molecular weight is 241 g/mol. The van der Waals surface area contributed by atoms with Gasteiger partial charge in [0.25, 0.3) is 0 Å². The minimum absolute atomic E-state index is 0.209. The zero-order valence-electron chi connectivity index (χ0n) is 9.87. The molecule has 6 heteroatoms. The predicted molar refractivity (Wildman–Crippen MR) is 64.7 cm³/mol. The van der Waals surface area contributed by atoms with E-state index in [4.69, 9.17) is 0 Å². The molecule has 94 valence electrons. The highest BCUT2D eigenvalue weighted by Crippen LogP contribution is 2.26. The Kier molecular flexibility index (Phi) is 4.84. The molecule has 0 aliphatic heterocycles. The Balaban J connectivity index is 2.64. The smallest absolute Gasteiger partial charge is 0.327 e. The highest BCUT2D eigenvalue weighted by molar-refractivity contribution is 5.61. The van der Waals surface area contributed by atoms with Crippen LogP contribution in [0.5, 0.6) is 0 Å². The lowest BCUT2D eigenvalue weighted by Gasteiger charge is -2.10. The van der Waals surface area contributed by atoms with Crippen LogP contribution in [0.3, 0.4) is 0 Å². The Hall–Kier alpha value is -1.69. The molecule has 0 atom stereocenters. The van der Waals surface area contributed by atoms with Crippen LogP contribution in [0.4, 0.5) is 15.8 Å². The molecular formula is C11H16FN3O2. The van der Waals surface area contributed by atoms with Crippen LogP contribution >= 0.6 is 0 Å². The summed E-state index contributed by atoms with van der Waals surface area (Å²) in [6.45, 7) is 5.17. The van der Waals surface area contributed by atoms with E-state index in [9.17, 15) is 14.5 Å². The number of nitrogens with zero attached hydrogens (tertiary/aromatic N) is 1. The molecule has 2 N–H and O–H groups in total. The third-order valence-corrected chi connectivity index (χ3v) is 2.16. The summed E-state index contributed by atoms with van der Waals surface area (Å²) >= 11 is 0. The van der Waals surface area contributed by atoms with Crippen molar-refractivity contribution in [3.8, 4) is 0 Å². The van der Waals surface area contributed by atoms with Gasteiger partial charge in [0.1, 0.15) is 5.69 Å². The second-order valence-electron chi connectivity index (χ2n) is 3.93. The fraction of sp³-hybridized carbons (Fsp3) is 0.455. The number of nitro benzene ring substituents is 1. The van der Waals surface area contributed by atoms with E-state index in [1.54, 1.807) is 0 Å². The van der Waals surface area contributed by atoms with Crippen molar-refractivity contribution in [2.45, 2.75) is 19.9 Å². The van der Waals surface area contributed by atoms with Crippen molar-refractivity contribution in [2.75, 3.05) is 18.4 Å². The molecule has 0 unspecified atom stereocenters. The lowest BCUT2D eigenvalue weighted by molar-refractivity contribution is -0.386. The number of rotatable bonds is 6. The summed E-state index contributed by atoms with van der Waals surface area (Å²) < 4.78 is 13.2. The standard InChI is InChI=1S/C11H16FN3O2/c1-8(2)13-6-7-14-10-5-3-4-9(12)11(10)15(16)17/h3-5,8,13-14H,6-7H2,1-2H3. The van der Waals surface area contributed by atoms with Gasteiger partial charge in [-0.3, -0.25) is 10.1 Å². The summed E-state index contributed by atoms with van der Waals surface area (Å²) in [5.41, 5.74) is -0.294. The van der Waals surface area contributed by atoms with Crippen molar-refractivity contribution < 1.29 is 9.31 Å². The topological polar surface area (TPSA) is 67.2 Å². The van der Waals surface area contributed by atoms with Crippen molar-refractivity contribution in [3.05, 3.63) is 34.1 Å². The zero-order valence-corrected chi connectivity index (χ0v) is 9.87. The number of hydrogen-bond acceptors (Lipinski definition) is 4. The second-order valence-corrected chi connectivity index (χ2v) is 3.93. The van der Waals surface area contributed by atoms with Gasteiger partial charge >= 0.3 is 5.69 Å².